The molecule has 0 bridgehead atoms. The van der Waals surface area contributed by atoms with Crippen LogP contribution >= 0.6 is 0 Å². The molecule has 0 N–H and O–H groups in total. The minimum Gasteiger partial charge on any atom is -0.417 e. The SMILES string of the molecule is CCCC/C=C/C(=C1/CCOB1N(C(C)C)C(C)C)c1ccccc1. The third kappa shape index (κ3) is 5.33. The highest BCUT2D eigenvalue weighted by atomic mass is 16.4. The maximum atomic E-state index is 6.21. The summed E-state index contributed by atoms with van der Waals surface area (Å²) in [6, 6.07) is 11.7. The number of nitrogens with zero attached hydrogens (tertiary/aromatic N) is 1. The summed E-state index contributed by atoms with van der Waals surface area (Å²) < 4.78 is 6.21. The van der Waals surface area contributed by atoms with Crippen molar-refractivity contribution in [1.82, 2.24) is 4.81 Å². The van der Waals surface area contributed by atoms with E-state index in [9.17, 15) is 0 Å². The second-order valence-electron chi connectivity index (χ2n) is 7.46. The van der Waals surface area contributed by atoms with Crippen molar-refractivity contribution in [3.63, 3.8) is 0 Å². The zero-order chi connectivity index (χ0) is 18.2. The number of allylic oxidation sites excluding steroid dienone is 3. The summed E-state index contributed by atoms with van der Waals surface area (Å²) in [5, 5.41) is 0. The van der Waals surface area contributed by atoms with Crippen molar-refractivity contribution in [3.8, 4) is 0 Å². The molecule has 136 valence electrons. The standard InChI is InChI=1S/C22H34BNO/c1-6-7-8-12-15-21(20-13-10-9-11-14-20)22-16-17-25-23(22)24(18(2)3)19(4)5/h9-15,18-19H,6-8,16-17H2,1-5H3/b15-12+,22-21+. The fourth-order valence-electron chi connectivity index (χ4n) is 3.71. The molecule has 1 aliphatic rings. The van der Waals surface area contributed by atoms with Crippen molar-refractivity contribution in [2.24, 2.45) is 0 Å². The van der Waals surface area contributed by atoms with E-state index >= 15 is 0 Å². The van der Waals surface area contributed by atoms with Gasteiger partial charge in [-0.1, -0.05) is 89.9 Å². The van der Waals surface area contributed by atoms with E-state index in [1.807, 2.05) is 0 Å². The molecule has 2 rings (SSSR count). The molecule has 1 fully saturated rings. The van der Waals surface area contributed by atoms with E-state index < -0.39 is 0 Å². The van der Waals surface area contributed by atoms with Crippen molar-refractivity contribution in [2.45, 2.75) is 72.4 Å². The van der Waals surface area contributed by atoms with Gasteiger partial charge in [-0.25, -0.2) is 0 Å². The molecule has 0 aliphatic carbocycles. The van der Waals surface area contributed by atoms with Gasteiger partial charge in [-0.3, -0.25) is 0 Å². The van der Waals surface area contributed by atoms with Crippen LogP contribution in [0.4, 0.5) is 0 Å². The second-order valence-corrected chi connectivity index (χ2v) is 7.46. The van der Waals surface area contributed by atoms with Gasteiger partial charge in [-0.15, -0.1) is 0 Å². The average Bonchev–Trinajstić information content (AvgIpc) is 3.04. The zero-order valence-corrected chi connectivity index (χ0v) is 16.7. The minimum atomic E-state index is 0.0889. The molecule has 0 spiro atoms. The summed E-state index contributed by atoms with van der Waals surface area (Å²) in [4.78, 5) is 2.49. The fraction of sp³-hybridized carbons (Fsp3) is 0.545. The zero-order valence-electron chi connectivity index (χ0n) is 16.7. The molecule has 1 aromatic rings. The predicted octanol–water partition coefficient (Wildman–Crippen LogP) is 5.75. The Labute approximate surface area is 155 Å². The van der Waals surface area contributed by atoms with Gasteiger partial charge in [-0.2, -0.15) is 0 Å². The lowest BCUT2D eigenvalue weighted by atomic mass is 9.66. The van der Waals surface area contributed by atoms with E-state index in [0.29, 0.717) is 12.1 Å². The first-order valence-electron chi connectivity index (χ1n) is 9.90. The van der Waals surface area contributed by atoms with Crippen LogP contribution in [0.5, 0.6) is 0 Å². The number of hydrogen-bond acceptors (Lipinski definition) is 2. The number of hydrogen-bond donors (Lipinski definition) is 0. The van der Waals surface area contributed by atoms with Gasteiger partial charge in [0.05, 0.1) is 0 Å². The predicted molar refractivity (Wildman–Crippen MR) is 110 cm³/mol. The lowest BCUT2D eigenvalue weighted by Gasteiger charge is -2.34. The third-order valence-corrected chi connectivity index (χ3v) is 4.85. The minimum absolute atomic E-state index is 0.0889. The smallest absolute Gasteiger partial charge is 0.415 e. The molecular formula is C22H34BNO. The van der Waals surface area contributed by atoms with E-state index in [2.05, 4.69) is 81.9 Å². The van der Waals surface area contributed by atoms with Crippen molar-refractivity contribution in [1.29, 1.82) is 0 Å². The van der Waals surface area contributed by atoms with Gasteiger partial charge < -0.3 is 9.47 Å². The van der Waals surface area contributed by atoms with Crippen LogP contribution in [-0.4, -0.2) is 30.6 Å². The highest BCUT2D eigenvalue weighted by molar-refractivity contribution is 6.60. The molecule has 3 heteroatoms. The molecule has 0 unspecified atom stereocenters. The van der Waals surface area contributed by atoms with E-state index in [4.69, 9.17) is 4.65 Å². The Balaban J connectivity index is 2.42. The second kappa shape index (κ2) is 9.99. The summed E-state index contributed by atoms with van der Waals surface area (Å²) in [7, 11) is 0.0889. The molecule has 1 aromatic carbocycles. The number of rotatable bonds is 8. The van der Waals surface area contributed by atoms with Gasteiger partial charge in [0.25, 0.3) is 0 Å². The van der Waals surface area contributed by atoms with Crippen molar-refractivity contribution >= 4 is 12.6 Å². The van der Waals surface area contributed by atoms with Gasteiger partial charge in [0, 0.05) is 6.61 Å². The lowest BCUT2D eigenvalue weighted by Crippen LogP contribution is -2.49. The lowest BCUT2D eigenvalue weighted by molar-refractivity contribution is 0.236. The Kier molecular flexibility index (Phi) is 7.99. The van der Waals surface area contributed by atoms with Gasteiger partial charge in [0.2, 0.25) is 0 Å². The van der Waals surface area contributed by atoms with Gasteiger partial charge >= 0.3 is 7.05 Å². The largest absolute Gasteiger partial charge is 0.417 e. The van der Waals surface area contributed by atoms with Crippen LogP contribution in [-0.2, 0) is 4.65 Å². The van der Waals surface area contributed by atoms with E-state index in [1.54, 1.807) is 0 Å². The van der Waals surface area contributed by atoms with Crippen molar-refractivity contribution in [2.75, 3.05) is 6.61 Å². The molecule has 0 radical (unpaired) electrons. The van der Waals surface area contributed by atoms with Crippen LogP contribution in [0.3, 0.4) is 0 Å². The summed E-state index contributed by atoms with van der Waals surface area (Å²) in [5.74, 6) is 0. The highest BCUT2D eigenvalue weighted by Crippen LogP contribution is 2.31. The molecular weight excluding hydrogens is 305 g/mol. The topological polar surface area (TPSA) is 12.5 Å². The molecule has 2 nitrogen and oxygen atoms in total. The van der Waals surface area contributed by atoms with Crippen LogP contribution < -0.4 is 0 Å². The molecule has 25 heavy (non-hydrogen) atoms. The molecule has 1 aliphatic heterocycles. The van der Waals surface area contributed by atoms with E-state index in [-0.39, 0.29) is 7.05 Å². The van der Waals surface area contributed by atoms with Crippen molar-refractivity contribution < 1.29 is 4.65 Å². The van der Waals surface area contributed by atoms with E-state index in [0.717, 1.165) is 19.4 Å². The maximum Gasteiger partial charge on any atom is 0.415 e. The first-order valence-corrected chi connectivity index (χ1v) is 9.90. The van der Waals surface area contributed by atoms with Crippen LogP contribution in [0.25, 0.3) is 5.57 Å². The summed E-state index contributed by atoms with van der Waals surface area (Å²) in [6.45, 7) is 12.1. The van der Waals surface area contributed by atoms with Crippen LogP contribution in [0.1, 0.15) is 65.9 Å². The number of unbranched alkanes of at least 4 members (excludes halogenated alkanes) is 2. The monoisotopic (exact) mass is 339 g/mol. The maximum absolute atomic E-state index is 6.21. The Bertz CT molecular complexity index is 569. The first-order chi connectivity index (χ1) is 12.1. The van der Waals surface area contributed by atoms with E-state index in [1.165, 1.54) is 29.5 Å². The summed E-state index contributed by atoms with van der Waals surface area (Å²) in [5.41, 5.74) is 4.08. The third-order valence-electron chi connectivity index (χ3n) is 4.85. The van der Waals surface area contributed by atoms with Gasteiger partial charge in [0.15, 0.2) is 0 Å². The average molecular weight is 339 g/mol. The molecule has 0 aromatic heterocycles. The Hall–Kier alpha value is -1.32. The van der Waals surface area contributed by atoms with Crippen LogP contribution in [0.2, 0.25) is 0 Å². The van der Waals surface area contributed by atoms with Crippen LogP contribution in [0, 0.1) is 0 Å². The molecule has 0 amide bonds. The molecule has 1 heterocycles. The Morgan fingerprint density at radius 3 is 2.44 bits per heavy atom. The highest BCUT2D eigenvalue weighted by Gasteiger charge is 2.38. The molecule has 0 atom stereocenters. The Morgan fingerprint density at radius 2 is 1.84 bits per heavy atom. The first kappa shape index (κ1) is 20.0. The molecule has 0 saturated carbocycles. The number of benzene rings is 1. The summed E-state index contributed by atoms with van der Waals surface area (Å²) >= 11 is 0. The van der Waals surface area contributed by atoms with Crippen LogP contribution in [0.15, 0.2) is 48.0 Å². The normalized spacial score (nSPS) is 17.5. The molecule has 1 saturated heterocycles. The van der Waals surface area contributed by atoms with Gasteiger partial charge in [0.1, 0.15) is 0 Å². The van der Waals surface area contributed by atoms with Crippen molar-refractivity contribution in [3.05, 3.63) is 53.5 Å². The van der Waals surface area contributed by atoms with Gasteiger partial charge in [-0.05, 0) is 41.5 Å². The summed E-state index contributed by atoms with van der Waals surface area (Å²) in [6.07, 6.45) is 9.32. The quantitative estimate of drug-likeness (QED) is 0.441. The Morgan fingerprint density at radius 1 is 1.16 bits per heavy atom. The fourth-order valence-corrected chi connectivity index (χ4v) is 3.71.